The normalized spacial score (nSPS) is 12.2. The van der Waals surface area contributed by atoms with Gasteiger partial charge in [-0.2, -0.15) is 0 Å². The van der Waals surface area contributed by atoms with E-state index in [1.165, 1.54) is 0 Å². The van der Waals surface area contributed by atoms with Crippen molar-refractivity contribution in [3.8, 4) is 0 Å². The minimum Gasteiger partial charge on any atom is -0.363 e. The second-order valence-electron chi connectivity index (χ2n) is 4.80. The van der Waals surface area contributed by atoms with E-state index in [9.17, 15) is 0 Å². The summed E-state index contributed by atoms with van der Waals surface area (Å²) in [6.45, 7) is 6.12. The van der Waals surface area contributed by atoms with Crippen LogP contribution in [0.4, 0.5) is 5.82 Å². The van der Waals surface area contributed by atoms with Crippen LogP contribution in [-0.4, -0.2) is 15.0 Å². The van der Waals surface area contributed by atoms with Crippen LogP contribution >= 0.6 is 11.6 Å². The molecule has 0 bridgehead atoms. The van der Waals surface area contributed by atoms with Gasteiger partial charge in [-0.1, -0.05) is 18.5 Å². The van der Waals surface area contributed by atoms with Crippen molar-refractivity contribution in [1.29, 1.82) is 0 Å². The van der Waals surface area contributed by atoms with Gasteiger partial charge in [0.25, 0.3) is 0 Å². The molecular weight excluding hydrogens is 272 g/mol. The van der Waals surface area contributed by atoms with Gasteiger partial charge < -0.3 is 5.32 Å². The standard InChI is InChI=1S/C15H19ClN4/c1-4-5-13-19-14(16)10(2)15(20-13)18-11(3)12-6-8-17-9-7-12/h6-9,11H,4-5H2,1-3H3,(H,18,19,20). The highest BCUT2D eigenvalue weighted by atomic mass is 35.5. The third-order valence-electron chi connectivity index (χ3n) is 3.17. The van der Waals surface area contributed by atoms with E-state index < -0.39 is 0 Å². The van der Waals surface area contributed by atoms with Gasteiger partial charge in [0.1, 0.15) is 16.8 Å². The maximum Gasteiger partial charge on any atom is 0.137 e. The monoisotopic (exact) mass is 290 g/mol. The molecule has 0 amide bonds. The number of hydrogen-bond donors (Lipinski definition) is 1. The summed E-state index contributed by atoms with van der Waals surface area (Å²) in [5.41, 5.74) is 2.04. The van der Waals surface area contributed by atoms with Crippen molar-refractivity contribution in [3.63, 3.8) is 0 Å². The van der Waals surface area contributed by atoms with Crippen molar-refractivity contribution in [2.24, 2.45) is 0 Å². The molecule has 2 heterocycles. The van der Waals surface area contributed by atoms with Crippen LogP contribution in [0.2, 0.25) is 5.15 Å². The van der Waals surface area contributed by atoms with Gasteiger partial charge in [0.2, 0.25) is 0 Å². The van der Waals surface area contributed by atoms with E-state index in [1.54, 1.807) is 12.4 Å². The summed E-state index contributed by atoms with van der Waals surface area (Å²) in [5.74, 6) is 1.59. The first-order valence-electron chi connectivity index (χ1n) is 6.81. The molecule has 1 unspecified atom stereocenters. The Morgan fingerprint density at radius 2 is 1.95 bits per heavy atom. The summed E-state index contributed by atoms with van der Waals surface area (Å²) >= 11 is 6.18. The van der Waals surface area contributed by atoms with Crippen LogP contribution in [0.25, 0.3) is 0 Å². The molecular formula is C15H19ClN4. The number of halogens is 1. The zero-order valence-electron chi connectivity index (χ0n) is 12.0. The van der Waals surface area contributed by atoms with E-state index >= 15 is 0 Å². The van der Waals surface area contributed by atoms with Crippen molar-refractivity contribution < 1.29 is 0 Å². The molecule has 20 heavy (non-hydrogen) atoms. The number of nitrogens with one attached hydrogen (secondary N) is 1. The second-order valence-corrected chi connectivity index (χ2v) is 5.16. The highest BCUT2D eigenvalue weighted by Crippen LogP contribution is 2.24. The molecule has 0 aromatic carbocycles. The van der Waals surface area contributed by atoms with Crippen molar-refractivity contribution in [2.75, 3.05) is 5.32 Å². The summed E-state index contributed by atoms with van der Waals surface area (Å²) in [7, 11) is 0. The SMILES string of the molecule is CCCc1nc(Cl)c(C)c(NC(C)c2ccncc2)n1. The van der Waals surface area contributed by atoms with E-state index in [4.69, 9.17) is 11.6 Å². The third kappa shape index (κ3) is 3.45. The smallest absolute Gasteiger partial charge is 0.137 e. The number of pyridine rings is 1. The molecule has 0 saturated heterocycles. The van der Waals surface area contributed by atoms with E-state index in [0.29, 0.717) is 5.15 Å². The van der Waals surface area contributed by atoms with Crippen LogP contribution in [0, 0.1) is 6.92 Å². The van der Waals surface area contributed by atoms with Crippen molar-refractivity contribution in [3.05, 3.63) is 46.6 Å². The summed E-state index contributed by atoms with van der Waals surface area (Å²) in [4.78, 5) is 12.9. The zero-order chi connectivity index (χ0) is 14.5. The Bertz CT molecular complexity index is 572. The van der Waals surface area contributed by atoms with Gasteiger partial charge >= 0.3 is 0 Å². The van der Waals surface area contributed by atoms with Gasteiger partial charge in [-0.3, -0.25) is 4.98 Å². The molecule has 106 valence electrons. The largest absolute Gasteiger partial charge is 0.363 e. The first-order chi connectivity index (χ1) is 9.61. The fourth-order valence-electron chi connectivity index (χ4n) is 1.95. The lowest BCUT2D eigenvalue weighted by atomic mass is 10.1. The lowest BCUT2D eigenvalue weighted by Gasteiger charge is -2.17. The fourth-order valence-corrected chi connectivity index (χ4v) is 2.14. The zero-order valence-corrected chi connectivity index (χ0v) is 12.8. The maximum atomic E-state index is 6.18. The van der Waals surface area contributed by atoms with E-state index in [1.807, 2.05) is 19.1 Å². The quantitative estimate of drug-likeness (QED) is 0.847. The number of aromatic nitrogens is 3. The topological polar surface area (TPSA) is 50.7 Å². The summed E-state index contributed by atoms with van der Waals surface area (Å²) in [6, 6.07) is 4.11. The molecule has 2 rings (SSSR count). The molecule has 1 N–H and O–H groups in total. The molecule has 0 radical (unpaired) electrons. The van der Waals surface area contributed by atoms with E-state index in [2.05, 4.69) is 34.1 Å². The Kier molecular flexibility index (Phi) is 4.90. The molecule has 0 spiro atoms. The van der Waals surface area contributed by atoms with Crippen LogP contribution in [0.15, 0.2) is 24.5 Å². The highest BCUT2D eigenvalue weighted by Gasteiger charge is 2.12. The number of anilines is 1. The molecule has 0 saturated carbocycles. The van der Waals surface area contributed by atoms with Crippen molar-refractivity contribution >= 4 is 17.4 Å². The van der Waals surface area contributed by atoms with Gasteiger partial charge in [0, 0.05) is 24.4 Å². The average Bonchev–Trinajstić information content (AvgIpc) is 2.45. The third-order valence-corrected chi connectivity index (χ3v) is 3.53. The van der Waals surface area contributed by atoms with Crippen LogP contribution in [0.3, 0.4) is 0 Å². The second kappa shape index (κ2) is 6.66. The molecule has 0 fully saturated rings. The lowest BCUT2D eigenvalue weighted by Crippen LogP contribution is -2.11. The van der Waals surface area contributed by atoms with Gasteiger partial charge in [0.15, 0.2) is 0 Å². The minimum absolute atomic E-state index is 0.136. The van der Waals surface area contributed by atoms with Crippen molar-refractivity contribution in [2.45, 2.75) is 39.7 Å². The van der Waals surface area contributed by atoms with Crippen LogP contribution in [0.1, 0.15) is 43.3 Å². The predicted octanol–water partition coefficient (Wildman–Crippen LogP) is 3.96. The van der Waals surface area contributed by atoms with Gasteiger partial charge in [-0.15, -0.1) is 0 Å². The molecule has 1 atom stereocenters. The average molecular weight is 291 g/mol. The Hall–Kier alpha value is -1.68. The van der Waals surface area contributed by atoms with Gasteiger partial charge in [-0.05, 0) is 38.0 Å². The van der Waals surface area contributed by atoms with Crippen LogP contribution < -0.4 is 5.32 Å². The molecule has 2 aromatic heterocycles. The minimum atomic E-state index is 0.136. The molecule has 0 aliphatic rings. The Morgan fingerprint density at radius 3 is 2.60 bits per heavy atom. The summed E-state index contributed by atoms with van der Waals surface area (Å²) in [5, 5.41) is 3.92. The number of hydrogen-bond acceptors (Lipinski definition) is 4. The summed E-state index contributed by atoms with van der Waals surface area (Å²) in [6.07, 6.45) is 5.41. The van der Waals surface area contributed by atoms with Gasteiger partial charge in [-0.25, -0.2) is 9.97 Å². The number of aryl methyl sites for hydroxylation is 1. The van der Waals surface area contributed by atoms with Crippen LogP contribution in [0.5, 0.6) is 0 Å². The molecule has 5 heteroatoms. The molecule has 0 aliphatic carbocycles. The Balaban J connectivity index is 2.24. The number of nitrogens with zero attached hydrogens (tertiary/aromatic N) is 3. The molecule has 0 aliphatic heterocycles. The number of rotatable bonds is 5. The lowest BCUT2D eigenvalue weighted by molar-refractivity contribution is 0.813. The van der Waals surface area contributed by atoms with Crippen molar-refractivity contribution in [1.82, 2.24) is 15.0 Å². The Labute approximate surface area is 124 Å². The first-order valence-corrected chi connectivity index (χ1v) is 7.19. The summed E-state index contributed by atoms with van der Waals surface area (Å²) < 4.78 is 0. The Morgan fingerprint density at radius 1 is 1.25 bits per heavy atom. The molecule has 4 nitrogen and oxygen atoms in total. The molecule has 2 aromatic rings. The van der Waals surface area contributed by atoms with E-state index in [0.717, 1.165) is 35.6 Å². The fraction of sp³-hybridized carbons (Fsp3) is 0.400. The highest BCUT2D eigenvalue weighted by molar-refractivity contribution is 6.30. The first kappa shape index (κ1) is 14.7. The maximum absolute atomic E-state index is 6.18. The van der Waals surface area contributed by atoms with Crippen LogP contribution in [-0.2, 0) is 6.42 Å². The van der Waals surface area contributed by atoms with E-state index in [-0.39, 0.29) is 6.04 Å². The predicted molar refractivity (Wildman–Crippen MR) is 82.0 cm³/mol. The van der Waals surface area contributed by atoms with Gasteiger partial charge in [0.05, 0.1) is 6.04 Å².